The molecule has 19 heavy (non-hydrogen) atoms. The van der Waals surface area contributed by atoms with Crippen LogP contribution < -0.4 is 11.1 Å². The van der Waals surface area contributed by atoms with Crippen molar-refractivity contribution < 1.29 is 9.00 Å². The van der Waals surface area contributed by atoms with Gasteiger partial charge in [0.2, 0.25) is 5.91 Å². The van der Waals surface area contributed by atoms with Crippen molar-refractivity contribution in [3.05, 3.63) is 24.3 Å². The number of anilines is 1. The first-order valence-electron chi connectivity index (χ1n) is 6.64. The predicted octanol–water partition coefficient (Wildman–Crippen LogP) is 1.82. The van der Waals surface area contributed by atoms with Crippen LogP contribution in [0.4, 0.5) is 5.69 Å². The van der Waals surface area contributed by atoms with E-state index in [1.54, 1.807) is 31.2 Å². The van der Waals surface area contributed by atoms with Crippen molar-refractivity contribution in [2.75, 3.05) is 5.73 Å². The van der Waals surface area contributed by atoms with Crippen molar-refractivity contribution in [2.24, 2.45) is 0 Å². The Hall–Kier alpha value is -1.36. The number of nitrogens with two attached hydrogens (primary N) is 1. The zero-order valence-electron chi connectivity index (χ0n) is 11.1. The lowest BCUT2D eigenvalue weighted by Gasteiger charge is -2.16. The van der Waals surface area contributed by atoms with Gasteiger partial charge in [-0.25, -0.2) is 0 Å². The number of benzene rings is 1. The quantitative estimate of drug-likeness (QED) is 0.826. The zero-order valence-corrected chi connectivity index (χ0v) is 11.9. The third kappa shape index (κ3) is 3.56. The summed E-state index contributed by atoms with van der Waals surface area (Å²) in [5.74, 6) is -0.132. The largest absolute Gasteiger partial charge is 0.399 e. The van der Waals surface area contributed by atoms with Gasteiger partial charge >= 0.3 is 0 Å². The van der Waals surface area contributed by atoms with Crippen molar-refractivity contribution in [3.63, 3.8) is 0 Å². The van der Waals surface area contributed by atoms with E-state index in [1.165, 1.54) is 0 Å². The standard InChI is InChI=1S/C14H20N2O2S/c1-10(14(17)16-12-6-2-3-7-12)19(18)13-8-4-5-11(15)9-13/h4-5,8-10,12H,2-3,6-7,15H2,1H3,(H,16,17). The SMILES string of the molecule is CC(C(=O)NC1CCCC1)S(=O)c1cccc(N)c1. The predicted molar refractivity (Wildman–Crippen MR) is 77.1 cm³/mol. The van der Waals surface area contributed by atoms with Crippen LogP contribution in [0.2, 0.25) is 0 Å². The molecule has 0 heterocycles. The van der Waals surface area contributed by atoms with E-state index in [-0.39, 0.29) is 11.9 Å². The zero-order chi connectivity index (χ0) is 13.8. The van der Waals surface area contributed by atoms with E-state index in [1.807, 2.05) is 0 Å². The molecule has 1 aliphatic rings. The second kappa shape index (κ2) is 6.19. The van der Waals surface area contributed by atoms with E-state index < -0.39 is 16.0 Å². The number of hydrogen-bond acceptors (Lipinski definition) is 3. The van der Waals surface area contributed by atoms with Crippen LogP contribution in [0.15, 0.2) is 29.2 Å². The van der Waals surface area contributed by atoms with Gasteiger partial charge in [0.1, 0.15) is 5.25 Å². The fourth-order valence-corrected chi connectivity index (χ4v) is 3.47. The number of carbonyl (C=O) groups excluding carboxylic acids is 1. The molecule has 0 spiro atoms. The number of hydrogen-bond donors (Lipinski definition) is 2. The Kier molecular flexibility index (Phi) is 4.58. The summed E-state index contributed by atoms with van der Waals surface area (Å²) < 4.78 is 12.3. The van der Waals surface area contributed by atoms with Crippen LogP contribution in [-0.4, -0.2) is 21.4 Å². The van der Waals surface area contributed by atoms with Gasteiger partial charge < -0.3 is 11.1 Å². The molecule has 1 aromatic carbocycles. The van der Waals surface area contributed by atoms with Crippen molar-refractivity contribution in [3.8, 4) is 0 Å². The molecule has 2 atom stereocenters. The highest BCUT2D eigenvalue weighted by Crippen LogP contribution is 2.19. The number of carbonyl (C=O) groups is 1. The molecule has 2 rings (SSSR count). The molecule has 1 amide bonds. The Bertz CT molecular complexity index is 484. The van der Waals surface area contributed by atoms with E-state index in [2.05, 4.69) is 5.32 Å². The van der Waals surface area contributed by atoms with Crippen LogP contribution in [0, 0.1) is 0 Å². The molecular formula is C14H20N2O2S. The molecular weight excluding hydrogens is 260 g/mol. The minimum Gasteiger partial charge on any atom is -0.399 e. The minimum absolute atomic E-state index is 0.132. The van der Waals surface area contributed by atoms with Crippen LogP contribution >= 0.6 is 0 Å². The number of nitrogen functional groups attached to an aromatic ring is 1. The van der Waals surface area contributed by atoms with Crippen molar-refractivity contribution in [1.82, 2.24) is 5.32 Å². The molecule has 0 bridgehead atoms. The van der Waals surface area contributed by atoms with Gasteiger partial charge in [-0.2, -0.15) is 0 Å². The molecule has 0 aromatic heterocycles. The maximum atomic E-state index is 12.3. The molecule has 1 saturated carbocycles. The molecule has 0 radical (unpaired) electrons. The van der Waals surface area contributed by atoms with Gasteiger partial charge in [-0.3, -0.25) is 9.00 Å². The average Bonchev–Trinajstić information content (AvgIpc) is 2.89. The highest BCUT2D eigenvalue weighted by molar-refractivity contribution is 7.86. The lowest BCUT2D eigenvalue weighted by atomic mass is 10.2. The first-order chi connectivity index (χ1) is 9.08. The summed E-state index contributed by atoms with van der Waals surface area (Å²) in [6.07, 6.45) is 4.39. The highest BCUT2D eigenvalue weighted by Gasteiger charge is 2.25. The van der Waals surface area contributed by atoms with Crippen molar-refractivity contribution >= 4 is 22.4 Å². The molecule has 1 fully saturated rings. The van der Waals surface area contributed by atoms with E-state index in [4.69, 9.17) is 5.73 Å². The third-order valence-electron chi connectivity index (χ3n) is 3.48. The Labute approximate surface area is 116 Å². The molecule has 0 saturated heterocycles. The van der Waals surface area contributed by atoms with Gasteiger partial charge in [0.15, 0.2) is 0 Å². The van der Waals surface area contributed by atoms with Crippen LogP contribution in [0.25, 0.3) is 0 Å². The highest BCUT2D eigenvalue weighted by atomic mass is 32.2. The molecule has 0 aliphatic heterocycles. The normalized spacial score (nSPS) is 19.0. The fourth-order valence-electron chi connectivity index (χ4n) is 2.33. The van der Waals surface area contributed by atoms with Gasteiger partial charge in [-0.05, 0) is 38.0 Å². The summed E-state index contributed by atoms with van der Waals surface area (Å²) in [5.41, 5.74) is 6.23. The second-order valence-electron chi connectivity index (χ2n) is 5.00. The summed E-state index contributed by atoms with van der Waals surface area (Å²) >= 11 is 0. The summed E-state index contributed by atoms with van der Waals surface area (Å²) in [6.45, 7) is 1.70. The van der Waals surface area contributed by atoms with Gasteiger partial charge in [-0.15, -0.1) is 0 Å². The molecule has 1 aromatic rings. The Balaban J connectivity index is 1.99. The first kappa shape index (κ1) is 14.1. The molecule has 1 aliphatic carbocycles. The molecule has 5 heteroatoms. The Morgan fingerprint density at radius 1 is 1.42 bits per heavy atom. The summed E-state index contributed by atoms with van der Waals surface area (Å²) in [4.78, 5) is 12.7. The number of rotatable bonds is 4. The maximum absolute atomic E-state index is 12.3. The topological polar surface area (TPSA) is 72.2 Å². The van der Waals surface area contributed by atoms with E-state index >= 15 is 0 Å². The molecule has 4 nitrogen and oxygen atoms in total. The van der Waals surface area contributed by atoms with E-state index in [0.29, 0.717) is 10.6 Å². The van der Waals surface area contributed by atoms with Gasteiger partial charge in [0.05, 0.1) is 10.8 Å². The maximum Gasteiger partial charge on any atom is 0.236 e. The van der Waals surface area contributed by atoms with Crippen LogP contribution in [0.3, 0.4) is 0 Å². The number of amides is 1. The monoisotopic (exact) mass is 280 g/mol. The van der Waals surface area contributed by atoms with E-state index in [0.717, 1.165) is 25.7 Å². The fraction of sp³-hybridized carbons (Fsp3) is 0.500. The van der Waals surface area contributed by atoms with Crippen LogP contribution in [0.1, 0.15) is 32.6 Å². The molecule has 2 unspecified atom stereocenters. The lowest BCUT2D eigenvalue weighted by Crippen LogP contribution is -2.40. The van der Waals surface area contributed by atoms with Gasteiger partial charge in [0, 0.05) is 16.6 Å². The minimum atomic E-state index is -1.36. The summed E-state index contributed by atoms with van der Waals surface area (Å²) in [7, 11) is -1.36. The first-order valence-corrected chi connectivity index (χ1v) is 7.85. The number of nitrogens with one attached hydrogen (secondary N) is 1. The second-order valence-corrected chi connectivity index (χ2v) is 6.78. The Morgan fingerprint density at radius 3 is 2.74 bits per heavy atom. The summed E-state index contributed by atoms with van der Waals surface area (Å²) in [6, 6.07) is 7.16. The Morgan fingerprint density at radius 2 is 2.11 bits per heavy atom. The average molecular weight is 280 g/mol. The smallest absolute Gasteiger partial charge is 0.236 e. The molecule has 104 valence electrons. The van der Waals surface area contributed by atoms with Crippen molar-refractivity contribution in [1.29, 1.82) is 0 Å². The van der Waals surface area contributed by atoms with Crippen LogP contribution in [-0.2, 0) is 15.6 Å². The van der Waals surface area contributed by atoms with Crippen molar-refractivity contribution in [2.45, 2.75) is 48.8 Å². The van der Waals surface area contributed by atoms with Crippen LogP contribution in [0.5, 0.6) is 0 Å². The molecule has 3 N–H and O–H groups in total. The lowest BCUT2D eigenvalue weighted by molar-refractivity contribution is -0.121. The van der Waals surface area contributed by atoms with E-state index in [9.17, 15) is 9.00 Å². The summed E-state index contributed by atoms with van der Waals surface area (Å²) in [5, 5.41) is 2.43. The van der Waals surface area contributed by atoms with Gasteiger partial charge in [-0.1, -0.05) is 18.9 Å². The third-order valence-corrected chi connectivity index (χ3v) is 5.06. The van der Waals surface area contributed by atoms with Gasteiger partial charge in [0.25, 0.3) is 0 Å².